The third-order valence-electron chi connectivity index (χ3n) is 4.54. The van der Waals surface area contributed by atoms with Gasteiger partial charge in [-0.15, -0.1) is 0 Å². The maximum Gasteiger partial charge on any atom is 0.0705 e. The molecule has 0 amide bonds. The van der Waals surface area contributed by atoms with Gasteiger partial charge in [0.1, 0.15) is 0 Å². The predicted molar refractivity (Wildman–Crippen MR) is 85.1 cm³/mol. The molecule has 0 aliphatic heterocycles. The average Bonchev–Trinajstić information content (AvgIpc) is 3.27. The number of aryl methyl sites for hydroxylation is 1. The minimum Gasteiger partial charge on any atom is -0.314 e. The molecule has 2 atom stereocenters. The molecule has 2 nitrogen and oxygen atoms in total. The zero-order valence-electron chi connectivity index (χ0n) is 12.7. The van der Waals surface area contributed by atoms with E-state index in [1.165, 1.54) is 23.8 Å². The van der Waals surface area contributed by atoms with E-state index in [0.717, 1.165) is 23.8 Å². The summed E-state index contributed by atoms with van der Waals surface area (Å²) in [6.07, 6.45) is 2.73. The van der Waals surface area contributed by atoms with Gasteiger partial charge in [-0.05, 0) is 61.9 Å². The van der Waals surface area contributed by atoms with Gasteiger partial charge in [0, 0.05) is 17.1 Å². The summed E-state index contributed by atoms with van der Waals surface area (Å²) in [5.74, 6) is 1.23. The van der Waals surface area contributed by atoms with Crippen LogP contribution in [0.5, 0.6) is 0 Å². The number of benzene rings is 1. The van der Waals surface area contributed by atoms with Gasteiger partial charge in [-0.25, -0.2) is 0 Å². The van der Waals surface area contributed by atoms with Crippen LogP contribution in [0.4, 0.5) is 0 Å². The highest BCUT2D eigenvalue weighted by atomic mass is 14.9. The Bertz CT molecular complexity index is 601. The predicted octanol–water partition coefficient (Wildman–Crippen LogP) is 4.03. The van der Waals surface area contributed by atoms with E-state index in [-0.39, 0.29) is 0 Å². The summed E-state index contributed by atoms with van der Waals surface area (Å²) in [5, 5.41) is 4.89. The van der Waals surface area contributed by atoms with Gasteiger partial charge in [0.25, 0.3) is 0 Å². The molecule has 0 spiro atoms. The molecule has 1 saturated carbocycles. The largest absolute Gasteiger partial charge is 0.314 e. The highest BCUT2D eigenvalue weighted by Gasteiger charge is 2.22. The lowest BCUT2D eigenvalue weighted by Crippen LogP contribution is -2.26. The first kappa shape index (κ1) is 13.6. The van der Waals surface area contributed by atoms with E-state index in [0.29, 0.717) is 11.8 Å². The fraction of sp³-hybridized carbons (Fsp3) is 0.500. The van der Waals surface area contributed by atoms with Crippen LogP contribution in [-0.4, -0.2) is 17.6 Å². The molecular weight excluding hydrogens is 244 g/mol. The average molecular weight is 268 g/mol. The van der Waals surface area contributed by atoms with Gasteiger partial charge >= 0.3 is 0 Å². The SMILES string of the molecule is Cc1ccc2cc(C(C)C(C)CNC3CC3)ccc2n1. The van der Waals surface area contributed by atoms with E-state index >= 15 is 0 Å². The fourth-order valence-electron chi connectivity index (χ4n) is 2.67. The van der Waals surface area contributed by atoms with E-state index in [9.17, 15) is 0 Å². The van der Waals surface area contributed by atoms with Crippen molar-refractivity contribution in [3.8, 4) is 0 Å². The van der Waals surface area contributed by atoms with Crippen LogP contribution in [0.2, 0.25) is 0 Å². The van der Waals surface area contributed by atoms with Gasteiger partial charge in [-0.2, -0.15) is 0 Å². The first-order chi connectivity index (χ1) is 9.63. The minimum atomic E-state index is 0.576. The number of nitrogens with zero attached hydrogens (tertiary/aromatic N) is 1. The smallest absolute Gasteiger partial charge is 0.0705 e. The van der Waals surface area contributed by atoms with Crippen molar-refractivity contribution in [2.75, 3.05) is 6.54 Å². The van der Waals surface area contributed by atoms with Crippen molar-refractivity contribution < 1.29 is 0 Å². The van der Waals surface area contributed by atoms with Crippen molar-refractivity contribution in [1.29, 1.82) is 0 Å². The van der Waals surface area contributed by atoms with Crippen LogP contribution in [0.3, 0.4) is 0 Å². The third-order valence-corrected chi connectivity index (χ3v) is 4.54. The molecule has 1 aromatic heterocycles. The van der Waals surface area contributed by atoms with Gasteiger partial charge in [-0.1, -0.05) is 26.0 Å². The number of pyridine rings is 1. The maximum atomic E-state index is 4.58. The van der Waals surface area contributed by atoms with Crippen molar-refractivity contribution in [3.05, 3.63) is 41.6 Å². The normalized spacial score (nSPS) is 18.1. The van der Waals surface area contributed by atoms with Gasteiger partial charge in [0.15, 0.2) is 0 Å². The lowest BCUT2D eigenvalue weighted by atomic mass is 9.88. The number of nitrogens with one attached hydrogen (secondary N) is 1. The van der Waals surface area contributed by atoms with E-state index in [1.807, 2.05) is 6.92 Å². The third kappa shape index (κ3) is 3.01. The van der Waals surface area contributed by atoms with Crippen LogP contribution in [0.15, 0.2) is 30.3 Å². The quantitative estimate of drug-likeness (QED) is 0.885. The molecule has 1 fully saturated rings. The van der Waals surface area contributed by atoms with Crippen LogP contribution in [-0.2, 0) is 0 Å². The lowest BCUT2D eigenvalue weighted by Gasteiger charge is -2.21. The fourth-order valence-corrected chi connectivity index (χ4v) is 2.67. The van der Waals surface area contributed by atoms with Crippen molar-refractivity contribution in [1.82, 2.24) is 10.3 Å². The molecule has 1 aromatic carbocycles. The van der Waals surface area contributed by atoms with E-state index < -0.39 is 0 Å². The first-order valence-electron chi connectivity index (χ1n) is 7.74. The summed E-state index contributed by atoms with van der Waals surface area (Å²) in [6.45, 7) is 7.84. The Labute approximate surface area is 121 Å². The highest BCUT2D eigenvalue weighted by molar-refractivity contribution is 5.79. The Hall–Kier alpha value is -1.41. The van der Waals surface area contributed by atoms with E-state index in [4.69, 9.17) is 0 Å². The molecule has 0 radical (unpaired) electrons. The second kappa shape index (κ2) is 5.53. The van der Waals surface area contributed by atoms with E-state index in [1.54, 1.807) is 0 Å². The first-order valence-corrected chi connectivity index (χ1v) is 7.74. The van der Waals surface area contributed by atoms with Gasteiger partial charge < -0.3 is 5.32 Å². The Morgan fingerprint density at radius 2 is 2.00 bits per heavy atom. The number of fused-ring (bicyclic) bond motifs is 1. The van der Waals surface area contributed by atoms with E-state index in [2.05, 4.69) is 54.5 Å². The van der Waals surface area contributed by atoms with Gasteiger partial charge in [0.2, 0.25) is 0 Å². The Balaban J connectivity index is 1.75. The summed E-state index contributed by atoms with van der Waals surface area (Å²) < 4.78 is 0. The minimum absolute atomic E-state index is 0.576. The topological polar surface area (TPSA) is 24.9 Å². The summed E-state index contributed by atoms with van der Waals surface area (Å²) >= 11 is 0. The number of aromatic nitrogens is 1. The summed E-state index contributed by atoms with van der Waals surface area (Å²) in [5.41, 5.74) is 3.61. The molecule has 1 heterocycles. The molecule has 20 heavy (non-hydrogen) atoms. The second-order valence-electron chi connectivity index (χ2n) is 6.35. The molecular formula is C18H24N2. The van der Waals surface area contributed by atoms with Crippen LogP contribution >= 0.6 is 0 Å². The summed E-state index contributed by atoms with van der Waals surface area (Å²) in [4.78, 5) is 4.58. The molecule has 0 bridgehead atoms. The zero-order valence-corrected chi connectivity index (χ0v) is 12.7. The monoisotopic (exact) mass is 268 g/mol. The number of hydrogen-bond acceptors (Lipinski definition) is 2. The highest BCUT2D eigenvalue weighted by Crippen LogP contribution is 2.27. The van der Waals surface area contributed by atoms with Crippen molar-refractivity contribution in [3.63, 3.8) is 0 Å². The van der Waals surface area contributed by atoms with Crippen LogP contribution in [0.25, 0.3) is 10.9 Å². The van der Waals surface area contributed by atoms with Gasteiger partial charge in [-0.3, -0.25) is 4.98 Å². The van der Waals surface area contributed by atoms with Crippen LogP contribution < -0.4 is 5.32 Å². The number of hydrogen-bond donors (Lipinski definition) is 1. The molecule has 2 heteroatoms. The summed E-state index contributed by atoms with van der Waals surface area (Å²) in [7, 11) is 0. The summed E-state index contributed by atoms with van der Waals surface area (Å²) in [6, 6.07) is 11.8. The van der Waals surface area contributed by atoms with Crippen molar-refractivity contribution in [2.24, 2.45) is 5.92 Å². The number of rotatable bonds is 5. The zero-order chi connectivity index (χ0) is 14.1. The Kier molecular flexibility index (Phi) is 3.75. The molecule has 3 rings (SSSR count). The second-order valence-corrected chi connectivity index (χ2v) is 6.35. The molecule has 106 valence electrons. The standard InChI is InChI=1S/C18H24N2/c1-12(11-19-17-7-8-17)14(3)15-6-9-18-16(10-15)5-4-13(2)20-18/h4-6,9-10,12,14,17,19H,7-8,11H2,1-3H3. The maximum absolute atomic E-state index is 4.58. The Morgan fingerprint density at radius 3 is 2.75 bits per heavy atom. The molecule has 1 aliphatic rings. The molecule has 0 saturated heterocycles. The van der Waals surface area contributed by atoms with Gasteiger partial charge in [0.05, 0.1) is 5.52 Å². The molecule has 1 N–H and O–H groups in total. The van der Waals surface area contributed by atoms with Crippen molar-refractivity contribution in [2.45, 2.75) is 45.6 Å². The van der Waals surface area contributed by atoms with Crippen LogP contribution in [0, 0.1) is 12.8 Å². The molecule has 2 aromatic rings. The van der Waals surface area contributed by atoms with Crippen LogP contribution in [0.1, 0.15) is 43.9 Å². The molecule has 1 aliphatic carbocycles. The molecule has 2 unspecified atom stereocenters. The van der Waals surface area contributed by atoms with Crippen molar-refractivity contribution >= 4 is 10.9 Å². The Morgan fingerprint density at radius 1 is 1.20 bits per heavy atom. The lowest BCUT2D eigenvalue weighted by molar-refractivity contribution is 0.446.